The molecule has 0 rings (SSSR count). The van der Waals surface area contributed by atoms with Gasteiger partial charge in [-0.05, 0) is 12.8 Å². The van der Waals surface area contributed by atoms with Gasteiger partial charge < -0.3 is 24.8 Å². The average Bonchev–Trinajstić information content (AvgIpc) is 1.61. The predicted molar refractivity (Wildman–Crippen MR) is 47.8 cm³/mol. The second-order valence-corrected chi connectivity index (χ2v) is 1.28. The molecule has 0 atom stereocenters. The van der Waals surface area contributed by atoms with E-state index in [-0.39, 0.29) is 59.4 Å². The zero-order valence-electron chi connectivity index (χ0n) is 5.61. The van der Waals surface area contributed by atoms with Crippen molar-refractivity contribution in [1.29, 1.82) is 0 Å². The van der Waals surface area contributed by atoms with E-state index >= 15 is 0 Å². The van der Waals surface area contributed by atoms with Crippen molar-refractivity contribution in [3.05, 3.63) is 6.42 Å². The Morgan fingerprint density at radius 2 is 1.89 bits per heavy atom. The van der Waals surface area contributed by atoms with Crippen LogP contribution in [0.3, 0.4) is 0 Å². The largest absolute Gasteiger partial charge is 2.00 e. The van der Waals surface area contributed by atoms with Gasteiger partial charge in [-0.3, -0.25) is 0 Å². The maximum absolute atomic E-state index is 6.46. The summed E-state index contributed by atoms with van der Waals surface area (Å²) in [6.07, 6.45) is 9.57. The minimum Gasteiger partial charge on any atom is -1.00 e. The second kappa shape index (κ2) is 22.8. The summed E-state index contributed by atoms with van der Waals surface area (Å²) < 4.78 is 0. The Morgan fingerprint density at radius 3 is 2.00 bits per heavy atom. The van der Waals surface area contributed by atoms with Gasteiger partial charge in [-0.15, -0.1) is 24.0 Å². The third kappa shape index (κ3) is 26.7. The Bertz CT molecular complexity index is 60.6. The zero-order chi connectivity index (χ0) is 4.83. The van der Waals surface area contributed by atoms with Crippen LogP contribution in [0.1, 0.15) is 26.2 Å². The number of unbranched alkanes of at least 4 members (excludes halogenated alkanes) is 2. The fourth-order valence-electron chi connectivity index (χ4n) is 0.265. The van der Waals surface area contributed by atoms with Gasteiger partial charge in [0.05, 0.1) is 0 Å². The van der Waals surface area contributed by atoms with Crippen LogP contribution in [0.2, 0.25) is 0 Å². The first-order valence-electron chi connectivity index (χ1n) is 2.31. The van der Waals surface area contributed by atoms with Crippen LogP contribution in [-0.2, 0) is 0 Å². The molecule has 0 aromatic heterocycles. The molecule has 0 aromatic carbocycles. The van der Waals surface area contributed by atoms with Gasteiger partial charge in [-0.2, -0.15) is 0 Å². The van der Waals surface area contributed by atoms with E-state index in [4.69, 9.17) is 6.42 Å². The van der Waals surface area contributed by atoms with E-state index in [2.05, 4.69) is 12.8 Å². The summed E-state index contributed by atoms with van der Waals surface area (Å²) >= 11 is 0. The van der Waals surface area contributed by atoms with Gasteiger partial charge >= 0.3 is 23.1 Å². The summed E-state index contributed by atoms with van der Waals surface area (Å²) in [6.45, 7) is 2.11. The molecular formula is C6H10ClIMg. The van der Waals surface area contributed by atoms with E-state index in [0.29, 0.717) is 0 Å². The summed E-state index contributed by atoms with van der Waals surface area (Å²) in [7, 11) is 0. The molecule has 0 saturated heterocycles. The van der Waals surface area contributed by atoms with Gasteiger partial charge in [-0.25, -0.2) is 0 Å². The van der Waals surface area contributed by atoms with Gasteiger partial charge in [-0.1, -0.05) is 13.3 Å². The smallest absolute Gasteiger partial charge is 1.00 e. The Labute approximate surface area is 97.1 Å². The van der Waals surface area contributed by atoms with Gasteiger partial charge in [0.25, 0.3) is 0 Å². The Balaban J connectivity index is -0.0000000417. The summed E-state index contributed by atoms with van der Waals surface area (Å²) in [5, 5.41) is 0. The molecule has 0 radical (unpaired) electrons. The van der Waals surface area contributed by atoms with Gasteiger partial charge in [0, 0.05) is 0 Å². The molecular weight excluding hydrogens is 259 g/mol. The molecule has 0 N–H and O–H groups in total. The van der Waals surface area contributed by atoms with Gasteiger partial charge in [0.1, 0.15) is 0 Å². The van der Waals surface area contributed by atoms with Crippen molar-refractivity contribution in [2.45, 2.75) is 26.2 Å². The first kappa shape index (κ1) is 22.4. The number of rotatable bonds is 2. The molecule has 0 bridgehead atoms. The molecule has 0 heterocycles. The van der Waals surface area contributed by atoms with E-state index in [1.807, 2.05) is 0 Å². The monoisotopic (exact) mass is 268 g/mol. The molecule has 0 unspecified atom stereocenters. The normalized spacial score (nSPS) is 4.89. The molecule has 0 aliphatic carbocycles. The van der Waals surface area contributed by atoms with E-state index < -0.39 is 0 Å². The first-order valence-corrected chi connectivity index (χ1v) is 2.31. The molecule has 0 fully saturated rings. The van der Waals surface area contributed by atoms with Crippen LogP contribution in [0.5, 0.6) is 0 Å². The Morgan fingerprint density at radius 1 is 1.44 bits per heavy atom. The summed E-state index contributed by atoms with van der Waals surface area (Å²) in [5.74, 6) is 2.32. The second-order valence-electron chi connectivity index (χ2n) is 1.28. The van der Waals surface area contributed by atoms with Crippen molar-refractivity contribution < 1.29 is 12.4 Å². The Hall–Kier alpha value is 1.35. The van der Waals surface area contributed by atoms with Crippen molar-refractivity contribution in [2.75, 3.05) is 0 Å². The average molecular weight is 269 g/mol. The quantitative estimate of drug-likeness (QED) is 0.198. The van der Waals surface area contributed by atoms with Crippen LogP contribution >= 0.6 is 24.0 Å². The van der Waals surface area contributed by atoms with Gasteiger partial charge in [0.15, 0.2) is 0 Å². The van der Waals surface area contributed by atoms with Crippen molar-refractivity contribution >= 4 is 47.0 Å². The molecule has 0 spiro atoms. The maximum Gasteiger partial charge on any atom is 2.00 e. The number of halogens is 2. The summed E-state index contributed by atoms with van der Waals surface area (Å²) in [5.41, 5.74) is 0. The molecule has 0 amide bonds. The standard InChI is InChI=1S/C6H9.ClH.HI.Mg/c1-3-5-6-4-2;;;/h3,5-6H2,1H3;2*1H;/q-1;;;+2/p-1. The maximum atomic E-state index is 6.46. The van der Waals surface area contributed by atoms with Crippen molar-refractivity contribution in [3.8, 4) is 5.92 Å². The molecule has 0 aliphatic heterocycles. The van der Waals surface area contributed by atoms with E-state index in [1.165, 1.54) is 6.42 Å². The SMILES string of the molecule is I.[C-]#CCCCC.[Cl-].[Mg+2]. The fourth-order valence-corrected chi connectivity index (χ4v) is 0.265. The Kier molecular flexibility index (Phi) is 56.8. The van der Waals surface area contributed by atoms with E-state index in [9.17, 15) is 0 Å². The first-order chi connectivity index (χ1) is 2.91. The van der Waals surface area contributed by atoms with Crippen LogP contribution in [0.4, 0.5) is 0 Å². The minimum absolute atomic E-state index is 0. The number of hydrogen-bond acceptors (Lipinski definition) is 0. The summed E-state index contributed by atoms with van der Waals surface area (Å²) in [6, 6.07) is 0. The number of hydrogen-bond donors (Lipinski definition) is 0. The molecule has 0 aliphatic rings. The molecule has 0 saturated carbocycles. The van der Waals surface area contributed by atoms with Crippen LogP contribution in [0.25, 0.3) is 0 Å². The molecule has 50 valence electrons. The van der Waals surface area contributed by atoms with Crippen LogP contribution in [0.15, 0.2) is 0 Å². The topological polar surface area (TPSA) is 0 Å². The fraction of sp³-hybridized carbons (Fsp3) is 0.667. The van der Waals surface area contributed by atoms with Crippen LogP contribution < -0.4 is 12.4 Å². The van der Waals surface area contributed by atoms with Gasteiger partial charge in [0.2, 0.25) is 0 Å². The zero-order valence-corrected chi connectivity index (χ0v) is 10.1. The molecule has 0 aromatic rings. The van der Waals surface area contributed by atoms with Crippen LogP contribution in [0, 0.1) is 12.3 Å². The van der Waals surface area contributed by atoms with Crippen LogP contribution in [-0.4, -0.2) is 23.1 Å². The van der Waals surface area contributed by atoms with Crippen molar-refractivity contribution in [2.24, 2.45) is 0 Å². The predicted octanol–water partition coefficient (Wildman–Crippen LogP) is -0.992. The summed E-state index contributed by atoms with van der Waals surface area (Å²) in [4.78, 5) is 0. The molecule has 3 heteroatoms. The molecule has 0 nitrogen and oxygen atoms in total. The third-order valence-electron chi connectivity index (χ3n) is 0.655. The van der Waals surface area contributed by atoms with Crippen molar-refractivity contribution in [1.82, 2.24) is 0 Å². The van der Waals surface area contributed by atoms with Crippen molar-refractivity contribution in [3.63, 3.8) is 0 Å². The molecule has 9 heavy (non-hydrogen) atoms. The minimum atomic E-state index is 0. The third-order valence-corrected chi connectivity index (χ3v) is 0.655. The van der Waals surface area contributed by atoms with E-state index in [0.717, 1.165) is 12.8 Å². The van der Waals surface area contributed by atoms with E-state index in [1.54, 1.807) is 0 Å².